The smallest absolute Gasteiger partial charge is 0.343 e. The molecule has 2 atom stereocenters. The van der Waals surface area contributed by atoms with Crippen LogP contribution in [0.2, 0.25) is 0 Å². The molecule has 0 aliphatic rings. The maximum Gasteiger partial charge on any atom is 0.343 e. The number of phenolic OH excluding ortho intramolecular Hbond substituents is 1. The molecule has 0 aromatic heterocycles. The normalized spacial score (nSPS) is 11.9. The number of carboxylic acid groups (broad SMARTS) is 1. The molecular formula is C44H54N2O10. The average Bonchev–Trinajstić information content (AvgIpc) is 3.17. The molecule has 12 heteroatoms. The minimum Gasteiger partial charge on any atom is -0.508 e. The van der Waals surface area contributed by atoms with Crippen LogP contribution >= 0.6 is 0 Å². The van der Waals surface area contributed by atoms with Crippen LogP contribution in [0.4, 0.5) is 0 Å². The van der Waals surface area contributed by atoms with Gasteiger partial charge in [-0.1, -0.05) is 56.9 Å². The number of amides is 1. The Morgan fingerprint density at radius 1 is 0.714 bits per heavy atom. The number of ether oxygens (including phenoxy) is 4. The number of rotatable bonds is 18. The van der Waals surface area contributed by atoms with Gasteiger partial charge in [-0.2, -0.15) is 0 Å². The van der Waals surface area contributed by atoms with Crippen LogP contribution in [-0.2, 0) is 27.2 Å². The fourth-order valence-corrected chi connectivity index (χ4v) is 5.21. The molecule has 0 heterocycles. The number of aliphatic carboxylic acids is 1. The molecule has 0 radical (unpaired) electrons. The van der Waals surface area contributed by atoms with Crippen molar-refractivity contribution in [2.75, 3.05) is 13.7 Å². The number of unbranched alkanes of at least 4 members (excludes halogenated alkanes) is 4. The summed E-state index contributed by atoms with van der Waals surface area (Å²) < 4.78 is 21.4. The van der Waals surface area contributed by atoms with E-state index in [1.165, 1.54) is 26.4 Å². The quantitative estimate of drug-likeness (QED) is 0.0453. The van der Waals surface area contributed by atoms with Crippen molar-refractivity contribution in [3.63, 3.8) is 0 Å². The van der Waals surface area contributed by atoms with Gasteiger partial charge in [-0.15, -0.1) is 0 Å². The van der Waals surface area contributed by atoms with Crippen LogP contribution in [0.3, 0.4) is 0 Å². The molecule has 5 N–H and O–H groups in total. The van der Waals surface area contributed by atoms with Crippen molar-refractivity contribution in [1.29, 1.82) is 0 Å². The van der Waals surface area contributed by atoms with Gasteiger partial charge < -0.3 is 40.2 Å². The maximum atomic E-state index is 12.5. The van der Waals surface area contributed by atoms with E-state index >= 15 is 0 Å². The highest BCUT2D eigenvalue weighted by Crippen LogP contribution is 2.19. The van der Waals surface area contributed by atoms with Crippen LogP contribution in [0, 0.1) is 0 Å². The van der Waals surface area contributed by atoms with Gasteiger partial charge in [0.15, 0.2) is 0 Å². The summed E-state index contributed by atoms with van der Waals surface area (Å²) in [6.45, 7) is 8.24. The molecule has 300 valence electrons. The van der Waals surface area contributed by atoms with Gasteiger partial charge in [0.2, 0.25) is 0 Å². The van der Waals surface area contributed by atoms with Crippen LogP contribution in [-0.4, -0.2) is 65.4 Å². The van der Waals surface area contributed by atoms with E-state index in [-0.39, 0.29) is 12.2 Å². The van der Waals surface area contributed by atoms with Gasteiger partial charge in [0.1, 0.15) is 40.7 Å². The van der Waals surface area contributed by atoms with Gasteiger partial charge >= 0.3 is 17.9 Å². The third kappa shape index (κ3) is 16.2. The van der Waals surface area contributed by atoms with Crippen LogP contribution in [0.5, 0.6) is 23.0 Å². The molecule has 0 saturated carbocycles. The molecule has 4 aromatic carbocycles. The van der Waals surface area contributed by atoms with Crippen molar-refractivity contribution in [2.45, 2.75) is 90.3 Å². The molecule has 0 aliphatic carbocycles. The Bertz CT molecular complexity index is 1820. The number of nitrogens with two attached hydrogens (primary N) is 1. The van der Waals surface area contributed by atoms with Crippen LogP contribution in [0.1, 0.15) is 91.6 Å². The Balaban J connectivity index is 0.000000413. The van der Waals surface area contributed by atoms with E-state index in [1.807, 2.05) is 0 Å². The van der Waals surface area contributed by atoms with Gasteiger partial charge in [0, 0.05) is 12.0 Å². The number of benzene rings is 4. The number of nitrogens with one attached hydrogen (secondary N) is 1. The zero-order chi connectivity index (χ0) is 41.1. The molecular weight excluding hydrogens is 716 g/mol. The Morgan fingerprint density at radius 2 is 1.25 bits per heavy atom. The Kier molecular flexibility index (Phi) is 17.9. The number of carbonyl (C=O) groups excluding carboxylic acids is 3. The molecule has 1 amide bonds. The molecule has 0 aliphatic heterocycles. The maximum absolute atomic E-state index is 12.5. The molecule has 4 rings (SSSR count). The summed E-state index contributed by atoms with van der Waals surface area (Å²) in [5.41, 5.74) is 7.50. The monoisotopic (exact) mass is 770 g/mol. The topological polar surface area (TPSA) is 184 Å². The summed E-state index contributed by atoms with van der Waals surface area (Å²) in [6.07, 6.45) is 6.27. The van der Waals surface area contributed by atoms with Crippen molar-refractivity contribution in [3.8, 4) is 23.0 Å². The fourth-order valence-electron chi connectivity index (χ4n) is 5.21. The predicted octanol–water partition coefficient (Wildman–Crippen LogP) is 7.29. The SMILES string of the molecule is CC(C)(C)OC(=O)[C@@H](N)Cc1ccc(O)cc1.CCCCCCCOc1ccc(C(=O)Oc2ccc(C[C@H](NC(=O)c3ccc(OC)cc3)C(=O)O)cc2)cc1. The molecule has 12 nitrogen and oxygen atoms in total. The molecule has 0 unspecified atom stereocenters. The first-order chi connectivity index (χ1) is 26.7. The molecule has 0 fully saturated rings. The fraction of sp³-hybridized carbons (Fsp3) is 0.364. The highest BCUT2D eigenvalue weighted by atomic mass is 16.6. The molecule has 0 saturated heterocycles. The number of hydrogen-bond acceptors (Lipinski definition) is 10. The van der Waals surface area contributed by atoms with E-state index in [1.54, 1.807) is 118 Å². The summed E-state index contributed by atoms with van der Waals surface area (Å²) in [6, 6.07) is 24.5. The van der Waals surface area contributed by atoms with Gasteiger partial charge in [-0.3, -0.25) is 9.59 Å². The lowest BCUT2D eigenvalue weighted by atomic mass is 10.1. The molecule has 0 bridgehead atoms. The van der Waals surface area contributed by atoms with E-state index in [9.17, 15) is 24.3 Å². The Morgan fingerprint density at radius 3 is 1.82 bits per heavy atom. The minimum atomic E-state index is -1.16. The van der Waals surface area contributed by atoms with E-state index < -0.39 is 41.5 Å². The highest BCUT2D eigenvalue weighted by molar-refractivity contribution is 5.96. The third-order valence-corrected chi connectivity index (χ3v) is 8.24. The second-order valence-electron chi connectivity index (χ2n) is 14.1. The van der Waals surface area contributed by atoms with Crippen LogP contribution in [0.15, 0.2) is 97.1 Å². The number of phenols is 1. The van der Waals surface area contributed by atoms with Crippen molar-refractivity contribution < 1.29 is 48.3 Å². The van der Waals surface area contributed by atoms with Crippen molar-refractivity contribution in [3.05, 3.63) is 119 Å². The number of esters is 2. The third-order valence-electron chi connectivity index (χ3n) is 8.24. The van der Waals surface area contributed by atoms with E-state index in [4.69, 9.17) is 29.8 Å². The lowest BCUT2D eigenvalue weighted by molar-refractivity contribution is -0.156. The summed E-state index contributed by atoms with van der Waals surface area (Å²) in [5, 5.41) is 21.3. The van der Waals surface area contributed by atoms with Crippen molar-refractivity contribution in [2.24, 2.45) is 5.73 Å². The average molecular weight is 771 g/mol. The van der Waals surface area contributed by atoms with Crippen LogP contribution in [0.25, 0.3) is 0 Å². The lowest BCUT2D eigenvalue weighted by Gasteiger charge is -2.22. The zero-order valence-corrected chi connectivity index (χ0v) is 32.8. The number of aromatic hydroxyl groups is 1. The second-order valence-corrected chi connectivity index (χ2v) is 14.1. The van der Waals surface area contributed by atoms with Crippen LogP contribution < -0.4 is 25.3 Å². The van der Waals surface area contributed by atoms with Gasteiger partial charge in [-0.25, -0.2) is 9.59 Å². The van der Waals surface area contributed by atoms with Crippen molar-refractivity contribution >= 4 is 23.8 Å². The second kappa shape index (κ2) is 22.5. The summed E-state index contributed by atoms with van der Waals surface area (Å²) >= 11 is 0. The zero-order valence-electron chi connectivity index (χ0n) is 32.8. The minimum absolute atomic E-state index is 0.0610. The Hall–Kier alpha value is -5.88. The van der Waals surface area contributed by atoms with E-state index in [0.717, 1.165) is 18.4 Å². The summed E-state index contributed by atoms with van der Waals surface area (Å²) in [4.78, 5) is 48.4. The van der Waals surface area contributed by atoms with Crippen molar-refractivity contribution in [1.82, 2.24) is 5.32 Å². The first-order valence-corrected chi connectivity index (χ1v) is 18.7. The Labute approximate surface area is 328 Å². The molecule has 0 spiro atoms. The first-order valence-electron chi connectivity index (χ1n) is 18.7. The largest absolute Gasteiger partial charge is 0.508 e. The number of carbonyl (C=O) groups is 4. The van der Waals surface area contributed by atoms with Gasteiger partial charge in [0.05, 0.1) is 19.3 Å². The van der Waals surface area contributed by atoms with Gasteiger partial charge in [-0.05, 0) is 118 Å². The first kappa shape index (κ1) is 44.5. The van der Waals surface area contributed by atoms with E-state index in [0.29, 0.717) is 47.0 Å². The number of carboxylic acids is 1. The molecule has 56 heavy (non-hydrogen) atoms. The lowest BCUT2D eigenvalue weighted by Crippen LogP contribution is -2.42. The molecule has 4 aromatic rings. The van der Waals surface area contributed by atoms with Gasteiger partial charge in [0.25, 0.3) is 5.91 Å². The number of hydrogen-bond donors (Lipinski definition) is 4. The standard InChI is InChI=1S/C31H35NO7.C13H19NO3/c1-3-4-5-6-7-20-38-26-18-12-24(13-19-26)31(36)39-27-14-8-22(9-15-27)21-28(30(34)35)32-29(33)23-10-16-25(37-2)17-11-23;1-13(2,3)17-12(16)11(14)8-9-4-6-10(15)7-5-9/h8-19,28H,3-7,20-21H2,1-2H3,(H,32,33)(H,34,35);4-7,11,15H,8,14H2,1-3H3/t28-;11-/m00/s1. The van der Waals surface area contributed by atoms with E-state index in [2.05, 4.69) is 12.2 Å². The predicted molar refractivity (Wildman–Crippen MR) is 213 cm³/mol. The summed E-state index contributed by atoms with van der Waals surface area (Å²) in [5.74, 6) is -0.759. The summed E-state index contributed by atoms with van der Waals surface area (Å²) in [7, 11) is 1.52. The highest BCUT2D eigenvalue weighted by Gasteiger charge is 2.23. The number of methoxy groups -OCH3 is 1.